The number of anilines is 2. The van der Waals surface area contributed by atoms with E-state index < -0.39 is 10.8 Å². The van der Waals surface area contributed by atoms with E-state index in [4.69, 9.17) is 17.4 Å². The Balaban J connectivity index is 2.36. The number of hydrogen-bond acceptors (Lipinski definition) is 6. The number of carbonyl (C=O) groups is 1. The summed E-state index contributed by atoms with van der Waals surface area (Å²) in [4.78, 5) is 26.3. The van der Waals surface area contributed by atoms with E-state index in [2.05, 4.69) is 15.7 Å². The van der Waals surface area contributed by atoms with Crippen LogP contribution < -0.4 is 16.6 Å². The number of aromatic nitrogens is 1. The molecule has 0 aliphatic heterocycles. The first-order valence-electron chi connectivity index (χ1n) is 5.70. The number of nitro benzene ring substituents is 1. The van der Waals surface area contributed by atoms with E-state index in [9.17, 15) is 14.9 Å². The van der Waals surface area contributed by atoms with Crippen molar-refractivity contribution in [1.29, 1.82) is 0 Å². The van der Waals surface area contributed by atoms with Gasteiger partial charge in [-0.2, -0.15) is 0 Å². The van der Waals surface area contributed by atoms with Crippen molar-refractivity contribution in [2.45, 2.75) is 0 Å². The fraction of sp³-hybridized carbons (Fsp3) is 0. The van der Waals surface area contributed by atoms with Gasteiger partial charge in [-0.1, -0.05) is 11.6 Å². The van der Waals surface area contributed by atoms with Crippen LogP contribution in [0, 0.1) is 10.1 Å². The molecule has 4 N–H and O–H groups in total. The molecule has 1 aromatic heterocycles. The highest BCUT2D eigenvalue weighted by Crippen LogP contribution is 2.24. The average Bonchev–Trinajstić information content (AvgIpc) is 2.48. The maximum atomic E-state index is 12.2. The number of amides is 1. The number of non-ortho nitro benzene ring substituents is 1. The van der Waals surface area contributed by atoms with Crippen molar-refractivity contribution in [3.8, 4) is 0 Å². The molecule has 1 heterocycles. The summed E-state index contributed by atoms with van der Waals surface area (Å²) in [6.45, 7) is 0. The number of hydrazine groups is 1. The average molecular weight is 308 g/mol. The van der Waals surface area contributed by atoms with Gasteiger partial charge in [0.15, 0.2) is 5.82 Å². The van der Waals surface area contributed by atoms with Gasteiger partial charge >= 0.3 is 0 Å². The van der Waals surface area contributed by atoms with E-state index in [0.717, 1.165) is 6.07 Å². The number of benzene rings is 1. The Kier molecular flexibility index (Phi) is 4.31. The molecule has 0 unspecified atom stereocenters. The van der Waals surface area contributed by atoms with Crippen LogP contribution in [-0.2, 0) is 0 Å². The first kappa shape index (κ1) is 14.7. The molecule has 0 aliphatic rings. The Labute approximate surface area is 124 Å². The summed E-state index contributed by atoms with van der Waals surface area (Å²) in [5, 5.41) is 13.5. The second kappa shape index (κ2) is 6.16. The van der Waals surface area contributed by atoms with Gasteiger partial charge in [0.05, 0.1) is 21.2 Å². The van der Waals surface area contributed by atoms with Crippen LogP contribution in [0.4, 0.5) is 17.2 Å². The molecule has 9 heteroatoms. The van der Waals surface area contributed by atoms with Gasteiger partial charge in [0.25, 0.3) is 11.6 Å². The van der Waals surface area contributed by atoms with E-state index in [0.29, 0.717) is 0 Å². The molecule has 0 fully saturated rings. The number of hydrogen-bond donors (Lipinski definition) is 3. The molecule has 1 aromatic carbocycles. The maximum Gasteiger partial charge on any atom is 0.270 e. The van der Waals surface area contributed by atoms with Crippen molar-refractivity contribution in [1.82, 2.24) is 4.98 Å². The topological polar surface area (TPSA) is 123 Å². The van der Waals surface area contributed by atoms with Gasteiger partial charge < -0.3 is 10.7 Å². The lowest BCUT2D eigenvalue weighted by atomic mass is 10.1. The van der Waals surface area contributed by atoms with E-state index in [-0.39, 0.29) is 27.8 Å². The highest BCUT2D eigenvalue weighted by molar-refractivity contribution is 6.33. The molecule has 108 valence electrons. The van der Waals surface area contributed by atoms with Crippen molar-refractivity contribution in [3.63, 3.8) is 0 Å². The number of pyridine rings is 1. The second-order valence-corrected chi connectivity index (χ2v) is 4.33. The zero-order valence-electron chi connectivity index (χ0n) is 10.5. The molecule has 0 spiro atoms. The molecule has 0 saturated heterocycles. The summed E-state index contributed by atoms with van der Waals surface area (Å²) in [6.07, 6.45) is 1.46. The van der Waals surface area contributed by atoms with E-state index in [1.807, 2.05) is 0 Å². The molecular formula is C12H10ClN5O3. The number of nitro groups is 1. The molecule has 0 aliphatic carbocycles. The fourth-order valence-electron chi connectivity index (χ4n) is 1.61. The number of nitrogens with zero attached hydrogens (tertiary/aromatic N) is 2. The van der Waals surface area contributed by atoms with Crippen LogP contribution in [0.1, 0.15) is 10.4 Å². The van der Waals surface area contributed by atoms with Crippen molar-refractivity contribution < 1.29 is 9.72 Å². The summed E-state index contributed by atoms with van der Waals surface area (Å²) >= 11 is 5.89. The van der Waals surface area contributed by atoms with Crippen LogP contribution in [0.5, 0.6) is 0 Å². The number of nitrogens with two attached hydrogens (primary N) is 1. The van der Waals surface area contributed by atoms with Crippen molar-refractivity contribution in [2.75, 3.05) is 10.7 Å². The quantitative estimate of drug-likeness (QED) is 0.452. The third-order valence-electron chi connectivity index (χ3n) is 2.60. The third kappa shape index (κ3) is 3.25. The largest absolute Gasteiger partial charge is 0.323 e. The fourth-order valence-corrected chi connectivity index (χ4v) is 1.78. The van der Waals surface area contributed by atoms with Crippen molar-refractivity contribution >= 4 is 34.7 Å². The molecular weight excluding hydrogens is 298 g/mol. The van der Waals surface area contributed by atoms with E-state index in [1.165, 1.54) is 18.3 Å². The molecule has 0 saturated carbocycles. The number of rotatable bonds is 4. The highest BCUT2D eigenvalue weighted by atomic mass is 35.5. The molecule has 1 amide bonds. The summed E-state index contributed by atoms with van der Waals surface area (Å²) < 4.78 is 0. The van der Waals surface area contributed by atoms with Gasteiger partial charge in [0.1, 0.15) is 0 Å². The number of nitrogen functional groups attached to an aromatic ring is 1. The molecule has 2 aromatic rings. The molecule has 0 radical (unpaired) electrons. The lowest BCUT2D eigenvalue weighted by Crippen LogP contribution is -2.18. The predicted molar refractivity (Wildman–Crippen MR) is 78.1 cm³/mol. The van der Waals surface area contributed by atoms with Crippen LogP contribution in [0.3, 0.4) is 0 Å². The second-order valence-electron chi connectivity index (χ2n) is 3.92. The van der Waals surface area contributed by atoms with E-state index >= 15 is 0 Å². The summed E-state index contributed by atoms with van der Waals surface area (Å²) in [6, 6.07) is 6.85. The van der Waals surface area contributed by atoms with Crippen molar-refractivity contribution in [3.05, 3.63) is 57.2 Å². The van der Waals surface area contributed by atoms with Gasteiger partial charge in [0, 0.05) is 18.3 Å². The first-order chi connectivity index (χ1) is 10.0. The Morgan fingerprint density at radius 1 is 1.38 bits per heavy atom. The minimum Gasteiger partial charge on any atom is -0.323 e. The number of nitrogens with one attached hydrogen (secondary N) is 2. The molecule has 8 nitrogen and oxygen atoms in total. The Bertz CT molecular complexity index is 707. The minimum atomic E-state index is -0.618. The number of halogens is 1. The summed E-state index contributed by atoms with van der Waals surface area (Å²) in [5.74, 6) is 4.83. The van der Waals surface area contributed by atoms with Crippen LogP contribution in [0.2, 0.25) is 5.02 Å². The van der Waals surface area contributed by atoms with Gasteiger partial charge in [-0.05, 0) is 18.2 Å². The van der Waals surface area contributed by atoms with Crippen molar-refractivity contribution in [2.24, 2.45) is 5.84 Å². The summed E-state index contributed by atoms with van der Waals surface area (Å²) in [5.41, 5.74) is 2.32. The zero-order valence-corrected chi connectivity index (χ0v) is 11.3. The van der Waals surface area contributed by atoms with Crippen LogP contribution in [-0.4, -0.2) is 15.8 Å². The van der Waals surface area contributed by atoms with E-state index in [1.54, 1.807) is 12.1 Å². The molecule has 0 bridgehead atoms. The molecule has 2 rings (SSSR count). The smallest absolute Gasteiger partial charge is 0.270 e. The van der Waals surface area contributed by atoms with Crippen LogP contribution in [0.15, 0.2) is 36.5 Å². The first-order valence-corrected chi connectivity index (χ1v) is 6.07. The van der Waals surface area contributed by atoms with Crippen LogP contribution >= 0.6 is 11.6 Å². The summed E-state index contributed by atoms with van der Waals surface area (Å²) in [7, 11) is 0. The monoisotopic (exact) mass is 307 g/mol. The lowest BCUT2D eigenvalue weighted by molar-refractivity contribution is -0.384. The standard InChI is InChI=1S/C12H10ClN5O3/c13-9-2-1-5-15-11(9)16-12(19)8-6-7(18(20)21)3-4-10(8)17-14/h1-6,17H,14H2,(H,15,16,19). The van der Waals surface area contributed by atoms with Gasteiger partial charge in [-0.25, -0.2) is 4.98 Å². The highest BCUT2D eigenvalue weighted by Gasteiger charge is 2.17. The maximum absolute atomic E-state index is 12.2. The Morgan fingerprint density at radius 2 is 2.14 bits per heavy atom. The Hall–Kier alpha value is -2.71. The SMILES string of the molecule is NNc1ccc([N+](=O)[O-])cc1C(=O)Nc1ncccc1Cl. The van der Waals surface area contributed by atoms with Crippen LogP contribution in [0.25, 0.3) is 0 Å². The van der Waals surface area contributed by atoms with Gasteiger partial charge in [0.2, 0.25) is 0 Å². The van der Waals surface area contributed by atoms with Gasteiger partial charge in [-0.15, -0.1) is 0 Å². The molecule has 0 atom stereocenters. The minimum absolute atomic E-state index is 0.00780. The Morgan fingerprint density at radius 3 is 2.76 bits per heavy atom. The number of carbonyl (C=O) groups excluding carboxylic acids is 1. The molecule has 21 heavy (non-hydrogen) atoms. The van der Waals surface area contributed by atoms with Gasteiger partial charge in [-0.3, -0.25) is 20.8 Å². The third-order valence-corrected chi connectivity index (χ3v) is 2.91. The normalized spacial score (nSPS) is 10.0. The predicted octanol–water partition coefficient (Wildman–Crippen LogP) is 2.18. The zero-order chi connectivity index (χ0) is 15.4. The lowest BCUT2D eigenvalue weighted by Gasteiger charge is -2.09.